The first kappa shape index (κ1) is 20.7. The van der Waals surface area contributed by atoms with Crippen molar-refractivity contribution in [1.29, 1.82) is 0 Å². The quantitative estimate of drug-likeness (QED) is 0.566. The number of hydrogen-bond donors (Lipinski definition) is 3. The minimum absolute atomic E-state index is 0.0949. The largest absolute Gasteiger partial charge is 0.508 e. The summed E-state index contributed by atoms with van der Waals surface area (Å²) in [6.07, 6.45) is 6.19. The first-order chi connectivity index (χ1) is 14.9. The van der Waals surface area contributed by atoms with Crippen LogP contribution < -0.4 is 5.32 Å². The van der Waals surface area contributed by atoms with Gasteiger partial charge in [-0.25, -0.2) is 4.79 Å². The zero-order chi connectivity index (χ0) is 22.0. The van der Waals surface area contributed by atoms with Gasteiger partial charge in [0.05, 0.1) is 11.8 Å². The zero-order valence-corrected chi connectivity index (χ0v) is 17.3. The van der Waals surface area contributed by atoms with E-state index in [1.54, 1.807) is 23.0 Å². The fraction of sp³-hybridized carbons (Fsp3) is 0.292. The third-order valence-electron chi connectivity index (χ3n) is 5.83. The molecule has 1 aliphatic rings. The smallest absolute Gasteiger partial charge is 0.333 e. The molecule has 0 bridgehead atoms. The molecule has 4 rings (SSSR count). The third-order valence-corrected chi connectivity index (χ3v) is 5.83. The Hall–Kier alpha value is -3.61. The molecule has 31 heavy (non-hydrogen) atoms. The van der Waals surface area contributed by atoms with E-state index in [1.165, 1.54) is 0 Å². The van der Waals surface area contributed by atoms with Gasteiger partial charge in [0.25, 0.3) is 0 Å². The van der Waals surface area contributed by atoms with Gasteiger partial charge in [-0.15, -0.1) is 0 Å². The predicted molar refractivity (Wildman–Crippen MR) is 117 cm³/mol. The van der Waals surface area contributed by atoms with Gasteiger partial charge in [-0.3, -0.25) is 9.48 Å². The van der Waals surface area contributed by atoms with Gasteiger partial charge in [0.2, 0.25) is 5.91 Å². The number of carboxylic acids is 1. The standard InChI is InChI=1S/C24H25N3O4/c1-27-14-19(13-25-27)18-6-8-22(21(12-18)24(30)31)26-23(29)9-3-15-2-4-17-11-20(28)7-5-16(17)10-15/h2,4-5,7,10-11,13-14,18,28H,3,6,8-9,12H2,1H3,(H,26,29)(H,30,31). The Balaban J connectivity index is 1.41. The van der Waals surface area contributed by atoms with Crippen LogP contribution in [0.4, 0.5) is 0 Å². The highest BCUT2D eigenvalue weighted by Gasteiger charge is 2.27. The number of carboxylic acid groups (broad SMARTS) is 1. The van der Waals surface area contributed by atoms with Gasteiger partial charge in [-0.05, 0) is 65.6 Å². The number of fused-ring (bicyclic) bond motifs is 1. The van der Waals surface area contributed by atoms with Crippen LogP contribution in [0.2, 0.25) is 0 Å². The molecular formula is C24H25N3O4. The van der Waals surface area contributed by atoms with Gasteiger partial charge in [0.15, 0.2) is 0 Å². The van der Waals surface area contributed by atoms with Crippen LogP contribution in [0.3, 0.4) is 0 Å². The summed E-state index contributed by atoms with van der Waals surface area (Å²) < 4.78 is 1.71. The Kier molecular flexibility index (Phi) is 5.75. The molecule has 1 aromatic heterocycles. The van der Waals surface area contributed by atoms with Crippen LogP contribution in [0.5, 0.6) is 5.75 Å². The van der Waals surface area contributed by atoms with Crippen molar-refractivity contribution in [3.05, 3.63) is 71.2 Å². The van der Waals surface area contributed by atoms with Crippen molar-refractivity contribution in [1.82, 2.24) is 15.1 Å². The van der Waals surface area contributed by atoms with Crippen molar-refractivity contribution in [3.8, 4) is 5.75 Å². The number of nitrogens with zero attached hydrogens (tertiary/aromatic N) is 2. The number of rotatable bonds is 6. The number of benzene rings is 2. The molecule has 0 saturated carbocycles. The molecule has 0 saturated heterocycles. The molecule has 1 heterocycles. The van der Waals surface area contributed by atoms with E-state index in [1.807, 2.05) is 37.5 Å². The predicted octanol–water partition coefficient (Wildman–Crippen LogP) is 3.63. The highest BCUT2D eigenvalue weighted by Crippen LogP contribution is 2.35. The van der Waals surface area contributed by atoms with Crippen LogP contribution >= 0.6 is 0 Å². The zero-order valence-electron chi connectivity index (χ0n) is 17.3. The number of aromatic nitrogens is 2. The van der Waals surface area contributed by atoms with E-state index in [2.05, 4.69) is 10.4 Å². The average molecular weight is 419 g/mol. The number of nitrogens with one attached hydrogen (secondary N) is 1. The molecule has 3 aromatic rings. The van der Waals surface area contributed by atoms with Crippen LogP contribution in [0.1, 0.15) is 42.7 Å². The van der Waals surface area contributed by atoms with Gasteiger partial charge >= 0.3 is 5.97 Å². The monoisotopic (exact) mass is 419 g/mol. The van der Waals surface area contributed by atoms with Gasteiger partial charge in [0, 0.05) is 25.4 Å². The minimum atomic E-state index is -0.985. The second-order valence-electron chi connectivity index (χ2n) is 8.06. The summed E-state index contributed by atoms with van der Waals surface area (Å²) in [4.78, 5) is 24.3. The molecule has 7 heteroatoms. The topological polar surface area (TPSA) is 104 Å². The normalized spacial score (nSPS) is 16.5. The van der Waals surface area contributed by atoms with Gasteiger partial charge in [0.1, 0.15) is 5.75 Å². The Morgan fingerprint density at radius 3 is 2.71 bits per heavy atom. The molecule has 1 atom stereocenters. The average Bonchev–Trinajstić information content (AvgIpc) is 3.18. The van der Waals surface area contributed by atoms with E-state index in [4.69, 9.17) is 0 Å². The minimum Gasteiger partial charge on any atom is -0.508 e. The lowest BCUT2D eigenvalue weighted by atomic mass is 9.83. The fourth-order valence-corrected chi connectivity index (χ4v) is 4.16. The van der Waals surface area contributed by atoms with Crippen LogP contribution in [0.15, 0.2) is 60.1 Å². The van der Waals surface area contributed by atoms with E-state index in [0.29, 0.717) is 25.0 Å². The third kappa shape index (κ3) is 4.77. The van der Waals surface area contributed by atoms with Crippen molar-refractivity contribution in [3.63, 3.8) is 0 Å². The highest BCUT2D eigenvalue weighted by atomic mass is 16.4. The molecular weight excluding hydrogens is 394 g/mol. The van der Waals surface area contributed by atoms with Crippen molar-refractivity contribution in [2.24, 2.45) is 7.05 Å². The molecule has 0 aliphatic heterocycles. The maximum atomic E-state index is 12.5. The summed E-state index contributed by atoms with van der Waals surface area (Å²) in [6.45, 7) is 0. The van der Waals surface area contributed by atoms with Gasteiger partial charge < -0.3 is 15.5 Å². The number of phenolic OH excluding ortho intramolecular Hbond substituents is 1. The van der Waals surface area contributed by atoms with Gasteiger partial charge in [-0.1, -0.05) is 24.3 Å². The fourth-order valence-electron chi connectivity index (χ4n) is 4.16. The van der Waals surface area contributed by atoms with E-state index in [9.17, 15) is 19.8 Å². The lowest BCUT2D eigenvalue weighted by molar-refractivity contribution is -0.133. The van der Waals surface area contributed by atoms with Crippen molar-refractivity contribution < 1.29 is 19.8 Å². The first-order valence-corrected chi connectivity index (χ1v) is 10.3. The van der Waals surface area contributed by atoms with Crippen molar-refractivity contribution >= 4 is 22.6 Å². The molecule has 2 aromatic carbocycles. The molecule has 1 unspecified atom stereocenters. The Morgan fingerprint density at radius 2 is 1.97 bits per heavy atom. The maximum absolute atomic E-state index is 12.5. The van der Waals surface area contributed by atoms with Crippen LogP contribution in [0.25, 0.3) is 10.8 Å². The van der Waals surface area contributed by atoms with Crippen LogP contribution in [-0.2, 0) is 23.1 Å². The van der Waals surface area contributed by atoms with Crippen molar-refractivity contribution in [2.75, 3.05) is 0 Å². The number of amides is 1. The van der Waals surface area contributed by atoms with E-state index >= 15 is 0 Å². The number of aromatic hydroxyl groups is 1. The van der Waals surface area contributed by atoms with Crippen LogP contribution in [-0.4, -0.2) is 31.9 Å². The molecule has 7 nitrogen and oxygen atoms in total. The first-order valence-electron chi connectivity index (χ1n) is 10.3. The molecule has 160 valence electrons. The lowest BCUT2D eigenvalue weighted by Crippen LogP contribution is -2.29. The van der Waals surface area contributed by atoms with E-state index < -0.39 is 5.97 Å². The number of aliphatic carboxylic acids is 1. The second kappa shape index (κ2) is 8.63. The second-order valence-corrected chi connectivity index (χ2v) is 8.06. The molecule has 3 N–H and O–H groups in total. The summed E-state index contributed by atoms with van der Waals surface area (Å²) in [5.74, 6) is -0.848. The van der Waals surface area contributed by atoms with Crippen molar-refractivity contribution in [2.45, 2.75) is 38.0 Å². The number of carbonyl (C=O) groups excluding carboxylic acids is 1. The number of allylic oxidation sites excluding steroid dienone is 1. The van der Waals surface area contributed by atoms with E-state index in [-0.39, 0.29) is 29.6 Å². The summed E-state index contributed by atoms with van der Waals surface area (Å²) >= 11 is 0. The summed E-state index contributed by atoms with van der Waals surface area (Å²) in [6, 6.07) is 11.1. The Morgan fingerprint density at radius 1 is 1.19 bits per heavy atom. The molecule has 1 amide bonds. The molecule has 0 radical (unpaired) electrons. The number of phenols is 1. The highest BCUT2D eigenvalue weighted by molar-refractivity contribution is 5.90. The summed E-state index contributed by atoms with van der Waals surface area (Å²) in [5.41, 5.74) is 2.84. The van der Waals surface area contributed by atoms with E-state index in [0.717, 1.165) is 28.3 Å². The molecule has 0 spiro atoms. The maximum Gasteiger partial charge on any atom is 0.333 e. The lowest BCUT2D eigenvalue weighted by Gasteiger charge is -2.25. The number of hydrogen-bond acceptors (Lipinski definition) is 4. The van der Waals surface area contributed by atoms with Gasteiger partial charge in [-0.2, -0.15) is 5.10 Å². The number of carbonyl (C=O) groups is 2. The number of aryl methyl sites for hydroxylation is 2. The summed E-state index contributed by atoms with van der Waals surface area (Å²) in [7, 11) is 1.84. The molecule has 0 fully saturated rings. The SMILES string of the molecule is Cn1cc(C2CCC(NC(=O)CCc3ccc4cc(O)ccc4c3)=C(C(=O)O)C2)cn1. The Bertz CT molecular complexity index is 1180. The van der Waals surface area contributed by atoms with Crippen LogP contribution in [0, 0.1) is 0 Å². The molecule has 1 aliphatic carbocycles. The Labute approximate surface area is 180 Å². The summed E-state index contributed by atoms with van der Waals surface area (Å²) in [5, 5.41) is 28.2.